The molecule has 1 aliphatic carbocycles. The molecule has 0 heterocycles. The summed E-state index contributed by atoms with van der Waals surface area (Å²) in [4.78, 5) is 0. The Morgan fingerprint density at radius 3 is 2.76 bits per heavy atom. The van der Waals surface area contributed by atoms with Gasteiger partial charge in [-0.05, 0) is 30.0 Å². The average molecular weight is 289 g/mol. The lowest BCUT2D eigenvalue weighted by Gasteiger charge is -2.24. The highest BCUT2D eigenvalue weighted by molar-refractivity contribution is 5.36. The minimum absolute atomic E-state index is 0.304. The molecule has 0 radical (unpaired) electrons. The first-order valence-corrected chi connectivity index (χ1v) is 8.72. The van der Waals surface area contributed by atoms with Crippen LogP contribution in [0.25, 0.3) is 0 Å². The Balaban J connectivity index is 1.93. The lowest BCUT2D eigenvalue weighted by molar-refractivity contribution is 0.0107. The Bertz CT molecular complexity index is 418. The van der Waals surface area contributed by atoms with Crippen LogP contribution >= 0.6 is 0 Å². The van der Waals surface area contributed by atoms with E-state index in [1.165, 1.54) is 36.8 Å². The second-order valence-electron chi connectivity index (χ2n) is 6.23. The molecule has 1 aromatic rings. The van der Waals surface area contributed by atoms with Gasteiger partial charge in [0, 0.05) is 13.0 Å². The molecule has 0 fully saturated rings. The number of nitrogens with one attached hydrogen (secondary N) is 1. The zero-order valence-corrected chi connectivity index (χ0v) is 13.9. The van der Waals surface area contributed by atoms with Crippen LogP contribution in [0.3, 0.4) is 0 Å². The maximum atomic E-state index is 6.34. The molecule has 0 aromatic heterocycles. The van der Waals surface area contributed by atoms with E-state index in [9.17, 15) is 0 Å². The van der Waals surface area contributed by atoms with Crippen LogP contribution in [0, 0.1) is 5.92 Å². The molecule has 1 N–H and O–H groups in total. The normalized spacial score (nSPS) is 22.2. The van der Waals surface area contributed by atoms with Crippen molar-refractivity contribution in [2.75, 3.05) is 13.2 Å². The molecule has 3 atom stereocenters. The van der Waals surface area contributed by atoms with Crippen LogP contribution in [0.4, 0.5) is 0 Å². The van der Waals surface area contributed by atoms with E-state index in [1.54, 1.807) is 0 Å². The van der Waals surface area contributed by atoms with Crippen molar-refractivity contribution in [3.8, 4) is 0 Å². The predicted molar refractivity (Wildman–Crippen MR) is 89.6 cm³/mol. The molecule has 0 amide bonds. The Labute approximate surface area is 130 Å². The summed E-state index contributed by atoms with van der Waals surface area (Å²) in [6.07, 6.45) is 6.50. The highest BCUT2D eigenvalue weighted by atomic mass is 16.5. The van der Waals surface area contributed by atoms with Crippen LogP contribution in [0.2, 0.25) is 0 Å². The molecular weight excluding hydrogens is 258 g/mol. The Morgan fingerprint density at radius 1 is 1.24 bits per heavy atom. The van der Waals surface area contributed by atoms with Gasteiger partial charge in [0.2, 0.25) is 0 Å². The molecule has 0 spiro atoms. The minimum Gasteiger partial charge on any atom is -0.376 e. The first kappa shape index (κ1) is 16.5. The number of unbranched alkanes of at least 4 members (excludes halogenated alkanes) is 1. The molecule has 2 rings (SSSR count). The standard InChI is InChI=1S/C19H31NO/c1-4-7-10-15(5-2)14-21-18-13-16-11-8-9-12-17(16)19(18)20-6-3/h8-9,11-12,15,18-20H,4-7,10,13-14H2,1-3H3. The molecule has 21 heavy (non-hydrogen) atoms. The lowest BCUT2D eigenvalue weighted by Crippen LogP contribution is -2.32. The highest BCUT2D eigenvalue weighted by Crippen LogP contribution is 2.33. The molecular formula is C19H31NO. The molecule has 2 heteroatoms. The van der Waals surface area contributed by atoms with Gasteiger partial charge in [-0.3, -0.25) is 0 Å². The summed E-state index contributed by atoms with van der Waals surface area (Å²) in [5.41, 5.74) is 2.89. The Morgan fingerprint density at radius 2 is 2.05 bits per heavy atom. The van der Waals surface area contributed by atoms with Gasteiger partial charge in [0.25, 0.3) is 0 Å². The molecule has 0 saturated heterocycles. The molecule has 0 saturated carbocycles. The Kier molecular flexibility index (Phi) is 6.72. The number of hydrogen-bond acceptors (Lipinski definition) is 2. The highest BCUT2D eigenvalue weighted by Gasteiger charge is 2.32. The number of likely N-dealkylation sites (N-methyl/N-ethyl adjacent to an activating group) is 1. The molecule has 1 aliphatic rings. The van der Waals surface area contributed by atoms with Gasteiger partial charge in [-0.1, -0.05) is 64.3 Å². The van der Waals surface area contributed by atoms with Crippen molar-refractivity contribution in [1.29, 1.82) is 0 Å². The van der Waals surface area contributed by atoms with Gasteiger partial charge in [0.15, 0.2) is 0 Å². The molecule has 0 bridgehead atoms. The van der Waals surface area contributed by atoms with Crippen molar-refractivity contribution in [2.24, 2.45) is 5.92 Å². The monoisotopic (exact) mass is 289 g/mol. The smallest absolute Gasteiger partial charge is 0.0810 e. The number of benzene rings is 1. The third-order valence-corrected chi connectivity index (χ3v) is 4.70. The van der Waals surface area contributed by atoms with Crippen molar-refractivity contribution in [3.05, 3.63) is 35.4 Å². The predicted octanol–water partition coefficient (Wildman–Crippen LogP) is 4.49. The zero-order valence-electron chi connectivity index (χ0n) is 13.9. The topological polar surface area (TPSA) is 21.3 Å². The lowest BCUT2D eigenvalue weighted by atomic mass is 10.0. The fourth-order valence-electron chi connectivity index (χ4n) is 3.33. The van der Waals surface area contributed by atoms with E-state index >= 15 is 0 Å². The van der Waals surface area contributed by atoms with E-state index < -0.39 is 0 Å². The van der Waals surface area contributed by atoms with Crippen molar-refractivity contribution in [1.82, 2.24) is 5.32 Å². The van der Waals surface area contributed by atoms with Gasteiger partial charge in [-0.15, -0.1) is 0 Å². The van der Waals surface area contributed by atoms with Gasteiger partial charge in [-0.25, -0.2) is 0 Å². The molecule has 2 nitrogen and oxygen atoms in total. The molecule has 0 aliphatic heterocycles. The van der Waals surface area contributed by atoms with E-state index in [-0.39, 0.29) is 0 Å². The van der Waals surface area contributed by atoms with Crippen LogP contribution in [-0.2, 0) is 11.2 Å². The van der Waals surface area contributed by atoms with E-state index in [2.05, 4.69) is 50.4 Å². The first-order chi connectivity index (χ1) is 10.3. The quantitative estimate of drug-likeness (QED) is 0.723. The fraction of sp³-hybridized carbons (Fsp3) is 0.684. The van der Waals surface area contributed by atoms with Gasteiger partial charge in [0.1, 0.15) is 0 Å². The van der Waals surface area contributed by atoms with Crippen molar-refractivity contribution < 1.29 is 4.74 Å². The number of rotatable bonds is 9. The van der Waals surface area contributed by atoms with Crippen LogP contribution < -0.4 is 5.32 Å². The summed E-state index contributed by atoms with van der Waals surface area (Å²) in [6.45, 7) is 8.63. The molecule has 118 valence electrons. The molecule has 1 aromatic carbocycles. The molecule has 3 unspecified atom stereocenters. The van der Waals surface area contributed by atoms with Crippen LogP contribution in [-0.4, -0.2) is 19.3 Å². The van der Waals surface area contributed by atoms with E-state index in [4.69, 9.17) is 4.74 Å². The van der Waals surface area contributed by atoms with Crippen LogP contribution in [0.1, 0.15) is 63.6 Å². The number of fused-ring (bicyclic) bond motifs is 1. The Hall–Kier alpha value is -0.860. The van der Waals surface area contributed by atoms with Crippen molar-refractivity contribution in [3.63, 3.8) is 0 Å². The summed E-state index contributed by atoms with van der Waals surface area (Å²) in [6, 6.07) is 9.15. The van der Waals surface area contributed by atoms with Crippen molar-refractivity contribution >= 4 is 0 Å². The van der Waals surface area contributed by atoms with E-state index in [0.29, 0.717) is 12.1 Å². The summed E-state index contributed by atoms with van der Waals surface area (Å²) in [7, 11) is 0. The summed E-state index contributed by atoms with van der Waals surface area (Å²) >= 11 is 0. The van der Waals surface area contributed by atoms with Gasteiger partial charge >= 0.3 is 0 Å². The SMILES string of the molecule is CCCCC(CC)COC1Cc2ccccc2C1NCC. The number of hydrogen-bond donors (Lipinski definition) is 1. The zero-order chi connectivity index (χ0) is 15.1. The van der Waals surface area contributed by atoms with Crippen LogP contribution in [0.5, 0.6) is 0 Å². The second-order valence-corrected chi connectivity index (χ2v) is 6.23. The second kappa shape index (κ2) is 8.55. The van der Waals surface area contributed by atoms with Gasteiger partial charge < -0.3 is 10.1 Å². The largest absolute Gasteiger partial charge is 0.376 e. The van der Waals surface area contributed by atoms with E-state index in [1.807, 2.05) is 0 Å². The van der Waals surface area contributed by atoms with Crippen molar-refractivity contribution in [2.45, 2.75) is 65.0 Å². The third-order valence-electron chi connectivity index (χ3n) is 4.70. The fourth-order valence-corrected chi connectivity index (χ4v) is 3.33. The van der Waals surface area contributed by atoms with Gasteiger partial charge in [0.05, 0.1) is 12.1 Å². The maximum absolute atomic E-state index is 6.34. The summed E-state index contributed by atoms with van der Waals surface area (Å²) in [5.74, 6) is 0.718. The summed E-state index contributed by atoms with van der Waals surface area (Å²) in [5, 5.41) is 3.61. The van der Waals surface area contributed by atoms with E-state index in [0.717, 1.165) is 25.5 Å². The first-order valence-electron chi connectivity index (χ1n) is 8.72. The number of ether oxygens (including phenoxy) is 1. The minimum atomic E-state index is 0.304. The average Bonchev–Trinajstić information content (AvgIpc) is 2.86. The maximum Gasteiger partial charge on any atom is 0.0810 e. The summed E-state index contributed by atoms with van der Waals surface area (Å²) < 4.78 is 6.34. The van der Waals surface area contributed by atoms with Crippen LogP contribution in [0.15, 0.2) is 24.3 Å². The third kappa shape index (κ3) is 4.31. The van der Waals surface area contributed by atoms with Gasteiger partial charge in [-0.2, -0.15) is 0 Å².